The molecule has 4 aromatic rings. The van der Waals surface area contributed by atoms with E-state index >= 15 is 0 Å². The number of pyridine rings is 1. The highest BCUT2D eigenvalue weighted by molar-refractivity contribution is 7.71. The summed E-state index contributed by atoms with van der Waals surface area (Å²) in [4.78, 5) is 4.05. The van der Waals surface area contributed by atoms with Crippen molar-refractivity contribution >= 4 is 35.4 Å². The third-order valence-corrected chi connectivity index (χ3v) is 5.62. The van der Waals surface area contributed by atoms with Gasteiger partial charge in [-0.1, -0.05) is 35.3 Å². The van der Waals surface area contributed by atoms with Crippen molar-refractivity contribution < 1.29 is 9.47 Å². The van der Waals surface area contributed by atoms with Gasteiger partial charge in [-0.05, 0) is 61.1 Å². The van der Waals surface area contributed by atoms with Gasteiger partial charge in [-0.3, -0.25) is 4.98 Å². The van der Waals surface area contributed by atoms with Crippen LogP contribution in [0.25, 0.3) is 11.4 Å². The van der Waals surface area contributed by atoms with Crippen molar-refractivity contribution in [2.75, 3.05) is 12.0 Å². The average Bonchev–Trinajstić information content (AvgIpc) is 3.19. The zero-order valence-electron chi connectivity index (χ0n) is 17.7. The van der Waals surface area contributed by atoms with Crippen LogP contribution in [0, 0.1) is 4.77 Å². The number of nitrogens with one attached hydrogen (secondary N) is 2. The van der Waals surface area contributed by atoms with Gasteiger partial charge >= 0.3 is 0 Å². The SMILES string of the molecule is CCOc1cc(CNn2c(-c3ccncc3)n[nH]c2=S)ccc1OCc1ccc(Cl)cc1Cl. The molecule has 0 aliphatic rings. The summed E-state index contributed by atoms with van der Waals surface area (Å²) in [6.07, 6.45) is 3.42. The van der Waals surface area contributed by atoms with E-state index in [0.29, 0.717) is 51.9 Å². The van der Waals surface area contributed by atoms with Gasteiger partial charge in [0.15, 0.2) is 17.3 Å². The summed E-state index contributed by atoms with van der Waals surface area (Å²) < 4.78 is 14.0. The fraction of sp³-hybridized carbons (Fsp3) is 0.174. The summed E-state index contributed by atoms with van der Waals surface area (Å²) in [6, 6.07) is 14.8. The number of aromatic nitrogens is 4. The molecular formula is C23H21Cl2N5O2S. The van der Waals surface area contributed by atoms with Gasteiger partial charge in [0.25, 0.3) is 0 Å². The van der Waals surface area contributed by atoms with Gasteiger partial charge in [0.1, 0.15) is 6.61 Å². The number of ether oxygens (including phenoxy) is 2. The number of hydrogen-bond acceptors (Lipinski definition) is 6. The maximum absolute atomic E-state index is 6.26. The minimum atomic E-state index is 0.299. The van der Waals surface area contributed by atoms with Gasteiger partial charge in [-0.15, -0.1) is 0 Å². The van der Waals surface area contributed by atoms with Crippen LogP contribution in [0.5, 0.6) is 11.5 Å². The molecule has 170 valence electrons. The van der Waals surface area contributed by atoms with Crippen LogP contribution < -0.4 is 14.9 Å². The summed E-state index contributed by atoms with van der Waals surface area (Å²) in [5, 5.41) is 8.28. The molecule has 0 amide bonds. The van der Waals surface area contributed by atoms with Gasteiger partial charge in [0.2, 0.25) is 4.77 Å². The van der Waals surface area contributed by atoms with E-state index in [0.717, 1.165) is 16.7 Å². The highest BCUT2D eigenvalue weighted by Crippen LogP contribution is 2.31. The van der Waals surface area contributed by atoms with E-state index in [9.17, 15) is 0 Å². The van der Waals surface area contributed by atoms with E-state index in [1.165, 1.54) is 0 Å². The lowest BCUT2D eigenvalue weighted by molar-refractivity contribution is 0.269. The molecule has 0 unspecified atom stereocenters. The van der Waals surface area contributed by atoms with Crippen LogP contribution in [0.2, 0.25) is 10.0 Å². The predicted molar refractivity (Wildman–Crippen MR) is 132 cm³/mol. The molecule has 0 fully saturated rings. The standard InChI is InChI=1S/C23H21Cl2N5O2S/c1-2-31-21-11-15(3-6-20(21)32-14-17-4-5-18(24)12-19(17)25)13-27-30-22(28-29-23(30)33)16-7-9-26-10-8-16/h3-12,27H,2,13-14H2,1H3,(H,29,33). The molecule has 2 N–H and O–H groups in total. The fourth-order valence-electron chi connectivity index (χ4n) is 3.15. The van der Waals surface area contributed by atoms with Crippen LogP contribution in [0.4, 0.5) is 0 Å². The van der Waals surface area contributed by atoms with Crippen molar-refractivity contribution in [3.8, 4) is 22.9 Å². The second-order valence-corrected chi connectivity index (χ2v) is 8.23. The predicted octanol–water partition coefficient (Wildman–Crippen LogP) is 6.03. The fourth-order valence-corrected chi connectivity index (χ4v) is 3.81. The number of H-pyrrole nitrogens is 1. The van der Waals surface area contributed by atoms with Crippen molar-refractivity contribution in [3.05, 3.63) is 86.9 Å². The highest BCUT2D eigenvalue weighted by Gasteiger charge is 2.11. The second kappa shape index (κ2) is 10.7. The van der Waals surface area contributed by atoms with E-state index in [1.807, 2.05) is 43.3 Å². The third kappa shape index (κ3) is 5.65. The lowest BCUT2D eigenvalue weighted by atomic mass is 10.2. The third-order valence-electron chi connectivity index (χ3n) is 4.76. The van der Waals surface area contributed by atoms with E-state index in [-0.39, 0.29) is 0 Å². The molecule has 0 bridgehead atoms. The van der Waals surface area contributed by atoms with Crippen LogP contribution in [0.3, 0.4) is 0 Å². The second-order valence-electron chi connectivity index (χ2n) is 7.00. The minimum absolute atomic E-state index is 0.299. The quantitative estimate of drug-likeness (QED) is 0.272. The van der Waals surface area contributed by atoms with Crippen LogP contribution in [0.15, 0.2) is 60.9 Å². The van der Waals surface area contributed by atoms with Crippen molar-refractivity contribution in [2.45, 2.75) is 20.1 Å². The lowest BCUT2D eigenvalue weighted by Gasteiger charge is -2.15. The zero-order chi connectivity index (χ0) is 23.2. The molecule has 0 aliphatic heterocycles. The van der Waals surface area contributed by atoms with E-state index in [2.05, 4.69) is 20.6 Å². The molecule has 0 radical (unpaired) electrons. The Morgan fingerprint density at radius 2 is 1.85 bits per heavy atom. The maximum atomic E-state index is 6.26. The van der Waals surface area contributed by atoms with Crippen molar-refractivity contribution in [3.63, 3.8) is 0 Å². The average molecular weight is 502 g/mol. The Hall–Kier alpha value is -3.07. The van der Waals surface area contributed by atoms with Gasteiger partial charge in [0, 0.05) is 33.6 Å². The molecule has 0 atom stereocenters. The first-order valence-electron chi connectivity index (χ1n) is 10.2. The largest absolute Gasteiger partial charge is 0.490 e. The molecule has 2 heterocycles. The van der Waals surface area contributed by atoms with Crippen LogP contribution >= 0.6 is 35.4 Å². The van der Waals surface area contributed by atoms with E-state index < -0.39 is 0 Å². The Bertz CT molecular complexity index is 1290. The van der Waals surface area contributed by atoms with Gasteiger partial charge in [-0.2, -0.15) is 5.10 Å². The van der Waals surface area contributed by atoms with Crippen LogP contribution in [-0.4, -0.2) is 26.5 Å². The monoisotopic (exact) mass is 501 g/mol. The summed E-state index contributed by atoms with van der Waals surface area (Å²) >= 11 is 17.6. The molecule has 2 aromatic heterocycles. The number of rotatable bonds is 9. The van der Waals surface area contributed by atoms with Gasteiger partial charge < -0.3 is 14.9 Å². The number of benzene rings is 2. The Labute approximate surface area is 206 Å². The molecule has 0 aliphatic carbocycles. The summed E-state index contributed by atoms with van der Waals surface area (Å²) in [5.74, 6) is 1.95. The highest BCUT2D eigenvalue weighted by atomic mass is 35.5. The molecule has 10 heteroatoms. The zero-order valence-corrected chi connectivity index (χ0v) is 20.0. The number of aromatic amines is 1. The summed E-state index contributed by atoms with van der Waals surface area (Å²) in [6.45, 7) is 3.23. The molecule has 0 saturated carbocycles. The number of halogens is 2. The topological polar surface area (TPSA) is 77.0 Å². The minimum Gasteiger partial charge on any atom is -0.490 e. The van der Waals surface area contributed by atoms with E-state index in [4.69, 9.17) is 44.9 Å². The molecule has 4 rings (SSSR count). The normalized spacial score (nSPS) is 10.8. The van der Waals surface area contributed by atoms with Crippen LogP contribution in [-0.2, 0) is 13.2 Å². The van der Waals surface area contributed by atoms with Gasteiger partial charge in [-0.25, -0.2) is 9.77 Å². The number of hydrogen-bond donors (Lipinski definition) is 2. The molecule has 0 saturated heterocycles. The lowest BCUT2D eigenvalue weighted by Crippen LogP contribution is -2.16. The van der Waals surface area contributed by atoms with Crippen LogP contribution in [0.1, 0.15) is 18.1 Å². The molecular weight excluding hydrogens is 481 g/mol. The van der Waals surface area contributed by atoms with Gasteiger partial charge in [0.05, 0.1) is 13.2 Å². The van der Waals surface area contributed by atoms with E-state index in [1.54, 1.807) is 29.2 Å². The van der Waals surface area contributed by atoms with Crippen molar-refractivity contribution in [2.24, 2.45) is 0 Å². The molecule has 0 spiro atoms. The first-order chi connectivity index (χ1) is 16.0. The Kier molecular flexibility index (Phi) is 7.49. The molecule has 33 heavy (non-hydrogen) atoms. The summed E-state index contributed by atoms with van der Waals surface area (Å²) in [7, 11) is 0. The maximum Gasteiger partial charge on any atom is 0.214 e. The Morgan fingerprint density at radius 1 is 1.03 bits per heavy atom. The van der Waals surface area contributed by atoms with Crippen molar-refractivity contribution in [1.82, 2.24) is 19.9 Å². The smallest absolute Gasteiger partial charge is 0.214 e. The van der Waals surface area contributed by atoms with Crippen molar-refractivity contribution in [1.29, 1.82) is 0 Å². The molecule has 2 aromatic carbocycles. The first-order valence-corrected chi connectivity index (χ1v) is 11.4. The number of nitrogens with zero attached hydrogens (tertiary/aromatic N) is 3. The summed E-state index contributed by atoms with van der Waals surface area (Å²) in [5.41, 5.74) is 6.03. The molecule has 7 nitrogen and oxygen atoms in total. The Balaban J connectivity index is 1.49. The first kappa shape index (κ1) is 23.1. The Morgan fingerprint density at radius 3 is 2.61 bits per heavy atom.